The number of nitrogens with one attached hydrogen (secondary N) is 1. The lowest BCUT2D eigenvalue weighted by atomic mass is 9.84. The smallest absolute Gasteiger partial charge is 0.251 e. The van der Waals surface area contributed by atoms with Crippen LogP contribution in [0.3, 0.4) is 0 Å². The molecule has 3 amide bonds. The summed E-state index contributed by atoms with van der Waals surface area (Å²) in [6.07, 6.45) is 3.93. The molecular formula is C26H36N4O4. The lowest BCUT2D eigenvalue weighted by Gasteiger charge is -2.32. The standard InChI is InChI=1S/C26H36N4O4/c1-16(2)14-20(27-24(32)17-8-10-19(11-9-17)28(3)4)26(34)29-13-12-21-23(29)22(31)15-30(21)25(33)18-6-5-7-18/h8-11,16,18,20-21,23H,5-7,12-15H2,1-4H3,(H,27,32)/t20-,21?,23?/m0/s1. The topological polar surface area (TPSA) is 90.0 Å². The number of hydrogen-bond donors (Lipinski definition) is 1. The molecule has 1 N–H and O–H groups in total. The van der Waals surface area contributed by atoms with Gasteiger partial charge in [0.05, 0.1) is 12.6 Å². The van der Waals surface area contributed by atoms with Gasteiger partial charge in [0, 0.05) is 37.8 Å². The minimum absolute atomic E-state index is 0.0307. The first-order valence-corrected chi connectivity index (χ1v) is 12.4. The highest BCUT2D eigenvalue weighted by Crippen LogP contribution is 2.35. The lowest BCUT2D eigenvalue weighted by Crippen LogP contribution is -2.53. The van der Waals surface area contributed by atoms with E-state index in [1.54, 1.807) is 21.9 Å². The molecule has 0 radical (unpaired) electrons. The first kappa shape index (κ1) is 24.2. The molecule has 34 heavy (non-hydrogen) atoms. The number of ketones is 1. The van der Waals surface area contributed by atoms with Crippen molar-refractivity contribution in [3.63, 3.8) is 0 Å². The van der Waals surface area contributed by atoms with Crippen molar-refractivity contribution in [1.29, 1.82) is 0 Å². The van der Waals surface area contributed by atoms with Gasteiger partial charge in [-0.25, -0.2) is 0 Å². The third kappa shape index (κ3) is 4.68. The number of carbonyl (C=O) groups excluding carboxylic acids is 4. The molecule has 2 unspecified atom stereocenters. The molecule has 0 bridgehead atoms. The molecule has 3 aliphatic rings. The molecule has 2 saturated heterocycles. The fraction of sp³-hybridized carbons (Fsp3) is 0.615. The molecule has 3 atom stereocenters. The van der Waals surface area contributed by atoms with Crippen molar-refractivity contribution in [2.75, 3.05) is 32.1 Å². The van der Waals surface area contributed by atoms with Crippen molar-refractivity contribution < 1.29 is 19.2 Å². The molecule has 8 heteroatoms. The zero-order valence-electron chi connectivity index (χ0n) is 20.6. The van der Waals surface area contributed by atoms with E-state index < -0.39 is 12.1 Å². The first-order chi connectivity index (χ1) is 16.2. The molecule has 1 aromatic rings. The van der Waals surface area contributed by atoms with Crippen LogP contribution in [0.25, 0.3) is 0 Å². The summed E-state index contributed by atoms with van der Waals surface area (Å²) in [6.45, 7) is 4.53. The average Bonchev–Trinajstić information content (AvgIpc) is 3.32. The maximum Gasteiger partial charge on any atom is 0.251 e. The molecule has 2 heterocycles. The van der Waals surface area contributed by atoms with Crippen molar-refractivity contribution in [3.8, 4) is 0 Å². The number of rotatable bonds is 7. The Kier molecular flexibility index (Phi) is 6.96. The van der Waals surface area contributed by atoms with Gasteiger partial charge in [0.1, 0.15) is 12.1 Å². The van der Waals surface area contributed by atoms with Crippen LogP contribution in [0.4, 0.5) is 5.69 Å². The quantitative estimate of drug-likeness (QED) is 0.662. The lowest BCUT2D eigenvalue weighted by molar-refractivity contribution is -0.140. The molecule has 184 valence electrons. The highest BCUT2D eigenvalue weighted by Gasteiger charge is 2.53. The van der Waals surface area contributed by atoms with Crippen LogP contribution in [0.2, 0.25) is 0 Å². The SMILES string of the molecule is CC(C)C[C@H](NC(=O)c1ccc(N(C)C)cc1)C(=O)N1CCC2C1C(=O)CN2C(=O)C1CCC1. The fourth-order valence-corrected chi connectivity index (χ4v) is 5.29. The van der Waals surface area contributed by atoms with Crippen LogP contribution >= 0.6 is 0 Å². The number of hydrogen-bond acceptors (Lipinski definition) is 5. The van der Waals surface area contributed by atoms with Crippen LogP contribution in [-0.4, -0.2) is 78.6 Å². The van der Waals surface area contributed by atoms with Crippen LogP contribution in [0.1, 0.15) is 56.3 Å². The molecule has 4 rings (SSSR count). The number of carbonyl (C=O) groups is 4. The maximum atomic E-state index is 13.6. The Morgan fingerprint density at radius 3 is 2.29 bits per heavy atom. The molecule has 0 aromatic heterocycles. The van der Waals surface area contributed by atoms with Crippen LogP contribution in [0.5, 0.6) is 0 Å². The van der Waals surface area contributed by atoms with Crippen molar-refractivity contribution in [2.45, 2.75) is 64.1 Å². The second kappa shape index (κ2) is 9.76. The Bertz CT molecular complexity index is 954. The largest absolute Gasteiger partial charge is 0.378 e. The molecule has 0 spiro atoms. The number of amides is 3. The monoisotopic (exact) mass is 468 g/mol. The molecule has 1 aromatic carbocycles. The summed E-state index contributed by atoms with van der Waals surface area (Å²) < 4.78 is 0. The minimum atomic E-state index is -0.719. The summed E-state index contributed by atoms with van der Waals surface area (Å²) in [5, 5.41) is 2.92. The average molecular weight is 469 g/mol. The summed E-state index contributed by atoms with van der Waals surface area (Å²) >= 11 is 0. The number of benzene rings is 1. The highest BCUT2D eigenvalue weighted by molar-refractivity contribution is 6.01. The molecule has 3 fully saturated rings. The number of Topliss-reactive ketones (excluding diaryl/α,β-unsaturated/α-hetero) is 1. The summed E-state index contributed by atoms with van der Waals surface area (Å²) in [5.74, 6) is -0.333. The third-order valence-corrected chi connectivity index (χ3v) is 7.40. The van der Waals surface area contributed by atoms with Gasteiger partial charge in [-0.1, -0.05) is 20.3 Å². The second-order valence-electron chi connectivity index (χ2n) is 10.5. The van der Waals surface area contributed by atoms with E-state index in [-0.39, 0.29) is 47.9 Å². The van der Waals surface area contributed by atoms with Crippen LogP contribution in [0.15, 0.2) is 24.3 Å². The van der Waals surface area contributed by atoms with Gasteiger partial charge in [-0.05, 0) is 55.9 Å². The molecular weight excluding hydrogens is 432 g/mol. The predicted molar refractivity (Wildman–Crippen MR) is 129 cm³/mol. The van der Waals surface area contributed by atoms with Gasteiger partial charge in [0.2, 0.25) is 11.8 Å². The van der Waals surface area contributed by atoms with Crippen LogP contribution in [-0.2, 0) is 14.4 Å². The fourth-order valence-electron chi connectivity index (χ4n) is 5.29. The molecule has 2 aliphatic heterocycles. The Morgan fingerprint density at radius 1 is 1.06 bits per heavy atom. The predicted octanol–water partition coefficient (Wildman–Crippen LogP) is 2.08. The summed E-state index contributed by atoms with van der Waals surface area (Å²) in [5.41, 5.74) is 1.47. The zero-order valence-corrected chi connectivity index (χ0v) is 20.6. The molecule has 8 nitrogen and oxygen atoms in total. The molecule has 1 saturated carbocycles. The maximum absolute atomic E-state index is 13.6. The summed E-state index contributed by atoms with van der Waals surface area (Å²) in [6, 6.07) is 5.68. The Labute approximate surface area is 201 Å². The van der Waals surface area contributed by atoms with E-state index in [1.807, 2.05) is 45.0 Å². The van der Waals surface area contributed by atoms with E-state index in [1.165, 1.54) is 0 Å². The summed E-state index contributed by atoms with van der Waals surface area (Å²) in [7, 11) is 3.86. The van der Waals surface area contributed by atoms with E-state index in [0.717, 1.165) is 24.9 Å². The van der Waals surface area contributed by atoms with E-state index in [0.29, 0.717) is 24.9 Å². The van der Waals surface area contributed by atoms with Gasteiger partial charge in [-0.3, -0.25) is 19.2 Å². The van der Waals surface area contributed by atoms with Crippen LogP contribution < -0.4 is 10.2 Å². The normalized spacial score (nSPS) is 23.0. The number of nitrogens with zero attached hydrogens (tertiary/aromatic N) is 3. The third-order valence-electron chi connectivity index (χ3n) is 7.40. The van der Waals surface area contributed by atoms with Gasteiger partial charge in [-0.15, -0.1) is 0 Å². The second-order valence-corrected chi connectivity index (χ2v) is 10.5. The first-order valence-electron chi connectivity index (χ1n) is 12.4. The minimum Gasteiger partial charge on any atom is -0.378 e. The van der Waals surface area contributed by atoms with Gasteiger partial charge in [-0.2, -0.15) is 0 Å². The Hall–Kier alpha value is -2.90. The van der Waals surface area contributed by atoms with E-state index >= 15 is 0 Å². The van der Waals surface area contributed by atoms with Crippen LogP contribution in [0, 0.1) is 11.8 Å². The Balaban J connectivity index is 1.47. The van der Waals surface area contributed by atoms with Gasteiger partial charge in [0.25, 0.3) is 5.91 Å². The number of fused-ring (bicyclic) bond motifs is 1. The van der Waals surface area contributed by atoms with Gasteiger partial charge >= 0.3 is 0 Å². The van der Waals surface area contributed by atoms with Gasteiger partial charge in [0.15, 0.2) is 5.78 Å². The molecule has 1 aliphatic carbocycles. The van der Waals surface area contributed by atoms with E-state index in [2.05, 4.69) is 5.32 Å². The number of anilines is 1. The summed E-state index contributed by atoms with van der Waals surface area (Å²) in [4.78, 5) is 57.6. The highest BCUT2D eigenvalue weighted by atomic mass is 16.2. The van der Waals surface area contributed by atoms with E-state index in [4.69, 9.17) is 0 Å². The van der Waals surface area contributed by atoms with Crippen molar-refractivity contribution in [1.82, 2.24) is 15.1 Å². The van der Waals surface area contributed by atoms with Crippen molar-refractivity contribution >= 4 is 29.2 Å². The van der Waals surface area contributed by atoms with E-state index in [9.17, 15) is 19.2 Å². The number of likely N-dealkylation sites (tertiary alicyclic amines) is 2. The zero-order chi connectivity index (χ0) is 24.6. The van der Waals surface area contributed by atoms with Gasteiger partial charge < -0.3 is 20.0 Å². The Morgan fingerprint density at radius 2 is 1.74 bits per heavy atom. The van der Waals surface area contributed by atoms with Crippen molar-refractivity contribution in [2.24, 2.45) is 11.8 Å². The van der Waals surface area contributed by atoms with Crippen molar-refractivity contribution in [3.05, 3.63) is 29.8 Å².